The fourth-order valence-corrected chi connectivity index (χ4v) is 2.47. The number of halogens is 1. The molecule has 0 N–H and O–H groups in total. The Morgan fingerprint density at radius 3 is 2.41 bits per heavy atom. The van der Waals surface area contributed by atoms with Gasteiger partial charge in [-0.1, -0.05) is 6.58 Å². The molecular weight excluding hydrogens is 285 g/mol. The van der Waals surface area contributed by atoms with Crippen LogP contribution in [0.25, 0.3) is 0 Å². The van der Waals surface area contributed by atoms with E-state index in [1.807, 2.05) is 39.8 Å². The molecule has 4 nitrogen and oxygen atoms in total. The number of hydrogen-bond acceptors (Lipinski definition) is 4. The number of nitrogens with zero attached hydrogens (tertiary/aromatic N) is 1. The van der Waals surface area contributed by atoms with Crippen LogP contribution in [0.5, 0.6) is 0 Å². The predicted molar refractivity (Wildman–Crippen MR) is 83.9 cm³/mol. The summed E-state index contributed by atoms with van der Waals surface area (Å²) in [5.41, 5.74) is 0.874. The summed E-state index contributed by atoms with van der Waals surface area (Å²) >= 11 is 0. The molecule has 0 aromatic heterocycles. The van der Waals surface area contributed by atoms with E-state index >= 15 is 0 Å². The van der Waals surface area contributed by atoms with Gasteiger partial charge in [0.1, 0.15) is 12.2 Å². The Bertz CT molecular complexity index is 431. The van der Waals surface area contributed by atoms with Crippen molar-refractivity contribution < 1.29 is 18.6 Å². The Morgan fingerprint density at radius 2 is 1.86 bits per heavy atom. The van der Waals surface area contributed by atoms with Gasteiger partial charge in [0.15, 0.2) is 12.4 Å². The Morgan fingerprint density at radius 1 is 1.23 bits per heavy atom. The standard InChI is InChI=1S/C17H26FNO3/c1-11(2)20-10-14-16(21-12(3)4)15(18)17(22-14)19-8-6-13(5)7-9-19/h6-9,11-12,14-17H,5,10H2,1-4H3/t14-,15-,16-,17-/m1/s1. The molecule has 1 fully saturated rings. The molecule has 0 radical (unpaired) electrons. The predicted octanol–water partition coefficient (Wildman–Crippen LogP) is 3.17. The molecule has 1 saturated heterocycles. The third-order valence-electron chi connectivity index (χ3n) is 3.51. The molecule has 0 aromatic rings. The molecule has 2 aliphatic heterocycles. The number of allylic oxidation sites excluding steroid dienone is 3. The molecule has 0 amide bonds. The summed E-state index contributed by atoms with van der Waals surface area (Å²) in [7, 11) is 0. The average Bonchev–Trinajstić information content (AvgIpc) is 2.74. The zero-order valence-electron chi connectivity index (χ0n) is 13.7. The molecule has 0 aromatic carbocycles. The second kappa shape index (κ2) is 7.40. The lowest BCUT2D eigenvalue weighted by atomic mass is 10.1. The van der Waals surface area contributed by atoms with E-state index in [-0.39, 0.29) is 12.2 Å². The SMILES string of the molecule is C=C1C=CN([C@@H]2O[C@H](COC(C)C)[C@@H](OC(C)C)[C@H]2F)C=C1. The van der Waals surface area contributed by atoms with Crippen molar-refractivity contribution in [1.82, 2.24) is 4.90 Å². The fraction of sp³-hybridized carbons (Fsp3) is 0.647. The van der Waals surface area contributed by atoms with Crippen molar-refractivity contribution in [2.45, 2.75) is 64.5 Å². The number of alkyl halides is 1. The summed E-state index contributed by atoms with van der Waals surface area (Å²) < 4.78 is 32.0. The summed E-state index contributed by atoms with van der Waals surface area (Å²) in [6, 6.07) is 0. The van der Waals surface area contributed by atoms with Gasteiger partial charge in [-0.25, -0.2) is 4.39 Å². The first-order valence-electron chi connectivity index (χ1n) is 7.78. The lowest BCUT2D eigenvalue weighted by Gasteiger charge is -2.27. The van der Waals surface area contributed by atoms with Crippen molar-refractivity contribution in [2.24, 2.45) is 0 Å². The Labute approximate surface area is 132 Å². The van der Waals surface area contributed by atoms with Crippen LogP contribution in [0, 0.1) is 0 Å². The van der Waals surface area contributed by atoms with Crippen LogP contribution >= 0.6 is 0 Å². The highest BCUT2D eigenvalue weighted by atomic mass is 19.1. The minimum absolute atomic E-state index is 0.0681. The quantitative estimate of drug-likeness (QED) is 0.754. The van der Waals surface area contributed by atoms with Crippen LogP contribution in [0.3, 0.4) is 0 Å². The van der Waals surface area contributed by atoms with Crippen molar-refractivity contribution >= 4 is 0 Å². The van der Waals surface area contributed by atoms with Crippen molar-refractivity contribution in [3.63, 3.8) is 0 Å². The van der Waals surface area contributed by atoms with E-state index in [0.29, 0.717) is 6.61 Å². The van der Waals surface area contributed by atoms with E-state index < -0.39 is 24.6 Å². The minimum atomic E-state index is -1.25. The Balaban J connectivity index is 2.08. The summed E-state index contributed by atoms with van der Waals surface area (Å²) in [6.45, 7) is 11.8. The van der Waals surface area contributed by atoms with E-state index in [1.54, 1.807) is 17.3 Å². The molecule has 0 unspecified atom stereocenters. The number of rotatable bonds is 6. The number of hydrogen-bond donors (Lipinski definition) is 0. The van der Waals surface area contributed by atoms with E-state index in [4.69, 9.17) is 14.2 Å². The van der Waals surface area contributed by atoms with Gasteiger partial charge in [0.2, 0.25) is 0 Å². The van der Waals surface area contributed by atoms with Gasteiger partial charge in [0.05, 0.1) is 18.8 Å². The summed E-state index contributed by atoms with van der Waals surface area (Å²) in [6.07, 6.45) is 4.20. The molecule has 2 aliphatic rings. The van der Waals surface area contributed by atoms with E-state index in [1.165, 1.54) is 0 Å². The van der Waals surface area contributed by atoms with Gasteiger partial charge in [-0.15, -0.1) is 0 Å². The van der Waals surface area contributed by atoms with E-state index in [2.05, 4.69) is 6.58 Å². The summed E-state index contributed by atoms with van der Waals surface area (Å²) in [5.74, 6) is 0. The van der Waals surface area contributed by atoms with Crippen molar-refractivity contribution in [1.29, 1.82) is 0 Å². The molecule has 0 bridgehead atoms. The Hall–Kier alpha value is -1.17. The van der Waals surface area contributed by atoms with Crippen LogP contribution in [0.1, 0.15) is 27.7 Å². The number of ether oxygens (including phenoxy) is 3. The molecule has 124 valence electrons. The van der Waals surface area contributed by atoms with Crippen molar-refractivity contribution in [3.8, 4) is 0 Å². The maximum Gasteiger partial charge on any atom is 0.174 e. The first-order valence-corrected chi connectivity index (χ1v) is 7.78. The second-order valence-electron chi connectivity index (χ2n) is 6.19. The normalized spacial score (nSPS) is 31.8. The monoisotopic (exact) mass is 311 g/mol. The van der Waals surface area contributed by atoms with Gasteiger partial charge < -0.3 is 19.1 Å². The van der Waals surface area contributed by atoms with E-state index in [9.17, 15) is 4.39 Å². The molecular formula is C17H26FNO3. The molecule has 4 atom stereocenters. The highest BCUT2D eigenvalue weighted by molar-refractivity contribution is 5.31. The Kier molecular flexibility index (Phi) is 5.78. The van der Waals surface area contributed by atoms with Gasteiger partial charge in [0, 0.05) is 12.4 Å². The summed E-state index contributed by atoms with van der Waals surface area (Å²) in [4.78, 5) is 1.71. The first kappa shape index (κ1) is 17.2. The zero-order chi connectivity index (χ0) is 16.3. The maximum absolute atomic E-state index is 14.8. The van der Waals surface area contributed by atoms with Crippen molar-refractivity contribution in [3.05, 3.63) is 36.7 Å². The highest BCUT2D eigenvalue weighted by Gasteiger charge is 2.48. The van der Waals surface area contributed by atoms with E-state index in [0.717, 1.165) is 5.57 Å². The van der Waals surface area contributed by atoms with Crippen LogP contribution in [0.15, 0.2) is 36.7 Å². The van der Waals surface area contributed by atoms with Gasteiger partial charge in [0.25, 0.3) is 0 Å². The highest BCUT2D eigenvalue weighted by Crippen LogP contribution is 2.31. The van der Waals surface area contributed by atoms with Crippen LogP contribution < -0.4 is 0 Å². The van der Waals surface area contributed by atoms with Crippen LogP contribution in [-0.2, 0) is 14.2 Å². The van der Waals surface area contributed by atoms with Gasteiger partial charge >= 0.3 is 0 Å². The average molecular weight is 311 g/mol. The summed E-state index contributed by atoms with van der Waals surface area (Å²) in [5, 5.41) is 0. The molecule has 0 aliphatic carbocycles. The molecule has 22 heavy (non-hydrogen) atoms. The lowest BCUT2D eigenvalue weighted by Crippen LogP contribution is -2.39. The first-order chi connectivity index (χ1) is 10.4. The van der Waals surface area contributed by atoms with Gasteiger partial charge in [-0.05, 0) is 45.4 Å². The maximum atomic E-state index is 14.8. The molecule has 2 heterocycles. The molecule has 5 heteroatoms. The van der Waals surface area contributed by atoms with Crippen LogP contribution in [0.2, 0.25) is 0 Å². The minimum Gasteiger partial charge on any atom is -0.376 e. The zero-order valence-corrected chi connectivity index (χ0v) is 13.7. The largest absolute Gasteiger partial charge is 0.376 e. The van der Waals surface area contributed by atoms with Crippen molar-refractivity contribution in [2.75, 3.05) is 6.61 Å². The van der Waals surface area contributed by atoms with Gasteiger partial charge in [-0.2, -0.15) is 0 Å². The fourth-order valence-electron chi connectivity index (χ4n) is 2.47. The molecule has 0 saturated carbocycles. The molecule has 0 spiro atoms. The smallest absolute Gasteiger partial charge is 0.174 e. The second-order valence-corrected chi connectivity index (χ2v) is 6.19. The third kappa shape index (κ3) is 4.18. The molecule has 2 rings (SSSR count). The van der Waals surface area contributed by atoms with Crippen LogP contribution in [-0.4, -0.2) is 48.3 Å². The lowest BCUT2D eigenvalue weighted by molar-refractivity contribution is -0.0990. The van der Waals surface area contributed by atoms with Crippen LogP contribution in [0.4, 0.5) is 4.39 Å². The topological polar surface area (TPSA) is 30.9 Å². The van der Waals surface area contributed by atoms with Gasteiger partial charge in [-0.3, -0.25) is 0 Å². The third-order valence-corrected chi connectivity index (χ3v) is 3.51.